The van der Waals surface area contributed by atoms with E-state index >= 15 is 0 Å². The van der Waals surface area contributed by atoms with Gasteiger partial charge in [0.25, 0.3) is 0 Å². The second-order valence-electron chi connectivity index (χ2n) is 4.82. The summed E-state index contributed by atoms with van der Waals surface area (Å²) in [6, 6.07) is 8.14. The number of aryl methyl sites for hydroxylation is 3. The zero-order chi connectivity index (χ0) is 15.4. The summed E-state index contributed by atoms with van der Waals surface area (Å²) < 4.78 is 2.58. The quantitative estimate of drug-likeness (QED) is 0.491. The molecule has 1 N–H and O–H groups in total. The van der Waals surface area contributed by atoms with Crippen LogP contribution in [0.4, 0.5) is 11.5 Å². The predicted octanol–water partition coefficient (Wildman–Crippen LogP) is 3.44. The van der Waals surface area contributed by atoms with E-state index in [1.807, 2.05) is 12.1 Å². The van der Waals surface area contributed by atoms with E-state index in [1.165, 1.54) is 10.2 Å². The normalized spacial score (nSPS) is 10.6. The van der Waals surface area contributed by atoms with Gasteiger partial charge >= 0.3 is 5.69 Å². The average molecular weight is 353 g/mol. The SMILES string of the molecule is Cc1nn(C)c(NCCCc2cccc(Br)c2)c1[N+](=O)[O-]. The lowest BCUT2D eigenvalue weighted by Crippen LogP contribution is -2.08. The summed E-state index contributed by atoms with van der Waals surface area (Å²) in [6.45, 7) is 2.30. The maximum absolute atomic E-state index is 11.1. The zero-order valence-electron chi connectivity index (χ0n) is 12.0. The number of anilines is 1. The van der Waals surface area contributed by atoms with Crippen molar-refractivity contribution in [3.63, 3.8) is 0 Å². The predicted molar refractivity (Wildman–Crippen MR) is 85.6 cm³/mol. The number of nitro groups is 1. The highest BCUT2D eigenvalue weighted by atomic mass is 79.9. The van der Waals surface area contributed by atoms with E-state index in [1.54, 1.807) is 14.0 Å². The van der Waals surface area contributed by atoms with E-state index in [9.17, 15) is 10.1 Å². The van der Waals surface area contributed by atoms with Crippen molar-refractivity contribution in [2.75, 3.05) is 11.9 Å². The molecule has 0 aliphatic carbocycles. The summed E-state index contributed by atoms with van der Waals surface area (Å²) in [5.74, 6) is 0.465. The highest BCUT2D eigenvalue weighted by molar-refractivity contribution is 9.10. The van der Waals surface area contributed by atoms with E-state index in [-0.39, 0.29) is 10.6 Å². The van der Waals surface area contributed by atoms with Gasteiger partial charge < -0.3 is 5.32 Å². The van der Waals surface area contributed by atoms with Crippen LogP contribution in [0.25, 0.3) is 0 Å². The third-order valence-corrected chi connectivity index (χ3v) is 3.69. The van der Waals surface area contributed by atoms with Gasteiger partial charge in [0.15, 0.2) is 0 Å². The second kappa shape index (κ2) is 6.71. The van der Waals surface area contributed by atoms with Gasteiger partial charge in [-0.3, -0.25) is 10.1 Å². The van der Waals surface area contributed by atoms with Crippen LogP contribution in [-0.2, 0) is 13.5 Å². The fourth-order valence-electron chi connectivity index (χ4n) is 2.26. The number of nitrogens with one attached hydrogen (secondary N) is 1. The summed E-state index contributed by atoms with van der Waals surface area (Å²) in [5, 5.41) is 18.3. The van der Waals surface area contributed by atoms with Gasteiger partial charge in [0.05, 0.1) is 4.92 Å². The Kier molecular flexibility index (Phi) is 4.95. The molecule has 0 aliphatic heterocycles. The standard InChI is InChI=1S/C14H17BrN4O2/c1-10-13(19(20)21)14(18(2)17-10)16-8-4-6-11-5-3-7-12(15)9-11/h3,5,7,9,16H,4,6,8H2,1-2H3. The Labute approximate surface area is 131 Å². The van der Waals surface area contributed by atoms with Crippen LogP contribution in [0.2, 0.25) is 0 Å². The van der Waals surface area contributed by atoms with Crippen molar-refractivity contribution in [1.82, 2.24) is 9.78 Å². The van der Waals surface area contributed by atoms with Gasteiger partial charge in [0.2, 0.25) is 5.82 Å². The Morgan fingerprint density at radius 1 is 1.48 bits per heavy atom. The monoisotopic (exact) mass is 352 g/mol. The first-order valence-corrected chi connectivity index (χ1v) is 7.44. The number of hydrogen-bond donors (Lipinski definition) is 1. The molecule has 0 spiro atoms. The minimum absolute atomic E-state index is 0.0555. The van der Waals surface area contributed by atoms with Gasteiger partial charge in [-0.25, -0.2) is 4.68 Å². The summed E-state index contributed by atoms with van der Waals surface area (Å²) >= 11 is 3.44. The van der Waals surface area contributed by atoms with E-state index in [2.05, 4.69) is 38.5 Å². The lowest BCUT2D eigenvalue weighted by atomic mass is 10.1. The number of nitrogens with zero attached hydrogens (tertiary/aromatic N) is 3. The molecule has 1 aromatic heterocycles. The van der Waals surface area contributed by atoms with Crippen LogP contribution < -0.4 is 5.32 Å². The van der Waals surface area contributed by atoms with E-state index in [0.717, 1.165) is 17.3 Å². The van der Waals surface area contributed by atoms with Crippen LogP contribution in [0.1, 0.15) is 17.7 Å². The molecule has 6 nitrogen and oxygen atoms in total. The third-order valence-electron chi connectivity index (χ3n) is 3.20. The Morgan fingerprint density at radius 2 is 2.24 bits per heavy atom. The average Bonchev–Trinajstić information content (AvgIpc) is 2.69. The fraction of sp³-hybridized carbons (Fsp3) is 0.357. The lowest BCUT2D eigenvalue weighted by molar-refractivity contribution is -0.384. The molecule has 0 radical (unpaired) electrons. The van der Waals surface area contributed by atoms with E-state index in [0.29, 0.717) is 18.1 Å². The first-order chi connectivity index (χ1) is 9.99. The Balaban J connectivity index is 1.94. The minimum atomic E-state index is -0.390. The number of benzene rings is 1. The van der Waals surface area contributed by atoms with E-state index < -0.39 is 0 Å². The van der Waals surface area contributed by atoms with Crippen LogP contribution in [-0.4, -0.2) is 21.2 Å². The maximum Gasteiger partial charge on any atom is 0.333 e. The Hall–Kier alpha value is -1.89. The number of aromatic nitrogens is 2. The molecule has 1 aromatic carbocycles. The highest BCUT2D eigenvalue weighted by Gasteiger charge is 2.23. The van der Waals surface area contributed by atoms with Gasteiger partial charge in [0, 0.05) is 18.1 Å². The zero-order valence-corrected chi connectivity index (χ0v) is 13.6. The van der Waals surface area contributed by atoms with Crippen LogP contribution in [0, 0.1) is 17.0 Å². The van der Waals surface area contributed by atoms with Crippen LogP contribution in [0.5, 0.6) is 0 Å². The first-order valence-electron chi connectivity index (χ1n) is 6.65. The van der Waals surface area contributed by atoms with Gasteiger partial charge in [0.1, 0.15) is 5.69 Å². The van der Waals surface area contributed by atoms with Gasteiger partial charge in [-0.05, 0) is 37.5 Å². The number of rotatable bonds is 6. The molecular formula is C14H17BrN4O2. The van der Waals surface area contributed by atoms with Crippen molar-refractivity contribution in [3.05, 3.63) is 50.1 Å². The van der Waals surface area contributed by atoms with Crippen molar-refractivity contribution in [1.29, 1.82) is 0 Å². The van der Waals surface area contributed by atoms with Crippen molar-refractivity contribution in [2.45, 2.75) is 19.8 Å². The third kappa shape index (κ3) is 3.81. The summed E-state index contributed by atoms with van der Waals surface area (Å²) in [5.41, 5.74) is 1.72. The topological polar surface area (TPSA) is 73.0 Å². The Bertz CT molecular complexity index is 654. The molecule has 1 heterocycles. The van der Waals surface area contributed by atoms with Crippen molar-refractivity contribution < 1.29 is 4.92 Å². The molecule has 0 bridgehead atoms. The molecule has 0 atom stereocenters. The molecule has 7 heteroatoms. The van der Waals surface area contributed by atoms with Gasteiger partial charge in [-0.15, -0.1) is 0 Å². The molecule has 0 amide bonds. The van der Waals surface area contributed by atoms with Crippen LogP contribution >= 0.6 is 15.9 Å². The lowest BCUT2D eigenvalue weighted by Gasteiger charge is -2.06. The molecule has 0 saturated carbocycles. The van der Waals surface area contributed by atoms with Gasteiger partial charge in [-0.1, -0.05) is 28.1 Å². The summed E-state index contributed by atoms with van der Waals surface area (Å²) in [7, 11) is 1.71. The van der Waals surface area contributed by atoms with E-state index in [4.69, 9.17) is 0 Å². The fourth-order valence-corrected chi connectivity index (χ4v) is 2.70. The molecule has 112 valence electrons. The molecular weight excluding hydrogens is 336 g/mol. The summed E-state index contributed by atoms with van der Waals surface area (Å²) in [4.78, 5) is 10.7. The highest BCUT2D eigenvalue weighted by Crippen LogP contribution is 2.27. The molecule has 21 heavy (non-hydrogen) atoms. The smallest absolute Gasteiger partial charge is 0.333 e. The van der Waals surface area contributed by atoms with Gasteiger partial charge in [-0.2, -0.15) is 5.10 Å². The molecule has 2 aromatic rings. The number of halogens is 1. The molecule has 0 saturated heterocycles. The first kappa shape index (κ1) is 15.5. The molecule has 0 aliphatic rings. The van der Waals surface area contributed by atoms with Crippen LogP contribution in [0.3, 0.4) is 0 Å². The van der Waals surface area contributed by atoms with Crippen molar-refractivity contribution in [3.8, 4) is 0 Å². The van der Waals surface area contributed by atoms with Crippen molar-refractivity contribution in [2.24, 2.45) is 7.05 Å². The largest absolute Gasteiger partial charge is 0.365 e. The number of hydrogen-bond acceptors (Lipinski definition) is 4. The Morgan fingerprint density at radius 3 is 2.90 bits per heavy atom. The second-order valence-corrected chi connectivity index (χ2v) is 5.74. The summed E-state index contributed by atoms with van der Waals surface area (Å²) in [6.07, 6.45) is 1.80. The minimum Gasteiger partial charge on any atom is -0.365 e. The maximum atomic E-state index is 11.1. The molecule has 0 unspecified atom stereocenters. The van der Waals surface area contributed by atoms with Crippen LogP contribution in [0.15, 0.2) is 28.7 Å². The molecule has 2 rings (SSSR count). The molecule has 0 fully saturated rings. The van der Waals surface area contributed by atoms with Crippen molar-refractivity contribution >= 4 is 27.4 Å².